The number of carbonyl (C=O) groups excluding carboxylic acids is 2. The number of aryl methyl sites for hydroxylation is 1. The molecule has 3 aromatic rings. The summed E-state index contributed by atoms with van der Waals surface area (Å²) in [5, 5.41) is 2.01. The monoisotopic (exact) mass is 575 g/mol. The molecule has 0 fully saturated rings. The first-order valence-electron chi connectivity index (χ1n) is 10.2. The van der Waals surface area contributed by atoms with Crippen LogP contribution in [0.15, 0.2) is 60.7 Å². The molecule has 37 heavy (non-hydrogen) atoms. The number of rotatable bonds is 5. The molecule has 0 atom stereocenters. The van der Waals surface area contributed by atoms with Crippen LogP contribution in [0.2, 0.25) is 10.0 Å². The second-order valence-electron chi connectivity index (χ2n) is 7.57. The molecule has 3 aromatic carbocycles. The van der Waals surface area contributed by atoms with Crippen LogP contribution in [-0.2, 0) is 10.0 Å². The Morgan fingerprint density at radius 1 is 0.973 bits per heavy atom. The molecule has 0 bridgehead atoms. The fourth-order valence-electron chi connectivity index (χ4n) is 3.25. The number of ether oxygens (including phenoxy) is 1. The normalized spacial score (nSPS) is 11.5. The Balaban J connectivity index is 1.87. The number of nitrogens with one attached hydrogen (secondary N) is 2. The quantitative estimate of drug-likeness (QED) is 0.363. The zero-order valence-corrected chi connectivity index (χ0v) is 21.4. The standard InChI is InChI=1S/C23H18Cl2F3N3O5S/c1-13-7-3-4-8-15(13)21(32)31(37(2,34)35)30-22(33)29-14-11-17(24)20(18(25)12-14)16-9-5-6-10-19(16)36-23(26,27)28/h3-12H,1-2H3,(H2,29,30,33). The van der Waals surface area contributed by atoms with E-state index in [2.05, 4.69) is 10.1 Å². The Hall–Kier alpha value is -3.48. The zero-order chi connectivity index (χ0) is 27.5. The van der Waals surface area contributed by atoms with Gasteiger partial charge in [-0.25, -0.2) is 18.6 Å². The Morgan fingerprint density at radius 2 is 1.54 bits per heavy atom. The number of benzene rings is 3. The van der Waals surface area contributed by atoms with Crippen molar-refractivity contribution in [1.82, 2.24) is 9.84 Å². The molecule has 3 rings (SSSR count). The lowest BCUT2D eigenvalue weighted by molar-refractivity contribution is -0.274. The van der Waals surface area contributed by atoms with Crippen LogP contribution in [0.4, 0.5) is 23.7 Å². The molecule has 2 N–H and O–H groups in total. The van der Waals surface area contributed by atoms with Crippen LogP contribution in [0.25, 0.3) is 11.1 Å². The number of anilines is 1. The van der Waals surface area contributed by atoms with Crippen LogP contribution in [-0.4, -0.2) is 37.4 Å². The van der Waals surface area contributed by atoms with Crippen LogP contribution in [0.1, 0.15) is 15.9 Å². The van der Waals surface area contributed by atoms with Crippen molar-refractivity contribution in [3.8, 4) is 16.9 Å². The summed E-state index contributed by atoms with van der Waals surface area (Å²) in [6.07, 6.45) is -4.23. The van der Waals surface area contributed by atoms with E-state index in [1.807, 2.05) is 5.43 Å². The van der Waals surface area contributed by atoms with Crippen molar-refractivity contribution in [2.24, 2.45) is 0 Å². The molecule has 0 aliphatic heterocycles. The number of hydrazine groups is 1. The summed E-state index contributed by atoms with van der Waals surface area (Å²) >= 11 is 12.5. The van der Waals surface area contributed by atoms with Gasteiger partial charge in [0.15, 0.2) is 0 Å². The summed E-state index contributed by atoms with van der Waals surface area (Å²) in [6, 6.07) is 12.6. The van der Waals surface area contributed by atoms with E-state index >= 15 is 0 Å². The van der Waals surface area contributed by atoms with E-state index in [9.17, 15) is 31.2 Å². The summed E-state index contributed by atoms with van der Waals surface area (Å²) in [4.78, 5) is 25.4. The number of amides is 3. The molecule has 8 nitrogen and oxygen atoms in total. The number of alkyl halides is 3. The maximum Gasteiger partial charge on any atom is 0.573 e. The highest BCUT2D eigenvalue weighted by Crippen LogP contribution is 2.42. The molecular weight excluding hydrogens is 558 g/mol. The summed E-state index contributed by atoms with van der Waals surface area (Å²) < 4.78 is 67.1. The van der Waals surface area contributed by atoms with Crippen molar-refractivity contribution in [2.45, 2.75) is 13.3 Å². The average Bonchev–Trinajstić information content (AvgIpc) is 2.76. The molecule has 0 aliphatic carbocycles. The predicted molar refractivity (Wildman–Crippen MR) is 133 cm³/mol. The van der Waals surface area contributed by atoms with Gasteiger partial charge < -0.3 is 10.1 Å². The summed E-state index contributed by atoms with van der Waals surface area (Å²) in [7, 11) is -4.24. The van der Waals surface area contributed by atoms with Gasteiger partial charge in [0.2, 0.25) is 0 Å². The van der Waals surface area contributed by atoms with E-state index < -0.39 is 34.1 Å². The zero-order valence-electron chi connectivity index (χ0n) is 19.1. The van der Waals surface area contributed by atoms with Gasteiger partial charge >= 0.3 is 12.4 Å². The highest BCUT2D eigenvalue weighted by Gasteiger charge is 2.33. The van der Waals surface area contributed by atoms with Crippen LogP contribution in [0.3, 0.4) is 0 Å². The predicted octanol–water partition coefficient (Wildman–Crippen LogP) is 6.01. The first kappa shape index (κ1) is 28.1. The molecule has 3 amide bonds. The SMILES string of the molecule is Cc1ccccc1C(=O)N(NC(=O)Nc1cc(Cl)c(-c2ccccc2OC(F)(F)F)c(Cl)c1)S(C)(=O)=O. The van der Waals surface area contributed by atoms with Crippen LogP contribution in [0, 0.1) is 6.92 Å². The number of nitrogens with zero attached hydrogens (tertiary/aromatic N) is 1. The minimum absolute atomic E-state index is 0.00151. The highest BCUT2D eigenvalue weighted by molar-refractivity contribution is 7.88. The molecule has 0 unspecified atom stereocenters. The lowest BCUT2D eigenvalue weighted by atomic mass is 10.0. The Labute approximate surface area is 220 Å². The molecule has 196 valence electrons. The molecule has 0 aliphatic rings. The third kappa shape index (κ3) is 7.06. The van der Waals surface area contributed by atoms with Gasteiger partial charge in [-0.1, -0.05) is 59.6 Å². The summed E-state index contributed by atoms with van der Waals surface area (Å²) in [6.45, 7) is 1.59. The molecule has 0 saturated carbocycles. The number of para-hydroxylation sites is 1. The number of hydrogen-bond donors (Lipinski definition) is 2. The number of halogens is 5. The lowest BCUT2D eigenvalue weighted by Crippen LogP contribution is -2.50. The van der Waals surface area contributed by atoms with E-state index in [1.165, 1.54) is 42.5 Å². The Bertz CT molecular complexity index is 1440. The van der Waals surface area contributed by atoms with Gasteiger partial charge in [0.1, 0.15) is 5.75 Å². The smallest absolute Gasteiger partial charge is 0.405 e. The Morgan fingerprint density at radius 3 is 2.11 bits per heavy atom. The average molecular weight is 576 g/mol. The number of carbonyl (C=O) groups is 2. The van der Waals surface area contributed by atoms with E-state index in [0.29, 0.717) is 5.56 Å². The van der Waals surface area contributed by atoms with Crippen molar-refractivity contribution >= 4 is 50.9 Å². The van der Waals surface area contributed by atoms with Crippen LogP contribution < -0.4 is 15.5 Å². The summed E-state index contributed by atoms with van der Waals surface area (Å²) in [5.74, 6) is -1.54. The van der Waals surface area contributed by atoms with Gasteiger partial charge in [0.05, 0.1) is 16.3 Å². The van der Waals surface area contributed by atoms with Crippen molar-refractivity contribution < 1.29 is 35.9 Å². The molecule has 0 saturated heterocycles. The third-order valence-corrected chi connectivity index (χ3v) is 6.29. The minimum atomic E-state index is -4.96. The van der Waals surface area contributed by atoms with Crippen molar-refractivity contribution in [3.05, 3.63) is 81.8 Å². The van der Waals surface area contributed by atoms with Crippen LogP contribution >= 0.6 is 23.2 Å². The topological polar surface area (TPSA) is 105 Å². The van der Waals surface area contributed by atoms with Gasteiger partial charge in [0.25, 0.3) is 15.9 Å². The largest absolute Gasteiger partial charge is 0.573 e. The molecule has 0 radical (unpaired) electrons. The number of urea groups is 1. The van der Waals surface area contributed by atoms with Crippen molar-refractivity contribution in [3.63, 3.8) is 0 Å². The van der Waals surface area contributed by atoms with E-state index in [1.54, 1.807) is 19.1 Å². The Kier molecular flexibility index (Phi) is 8.25. The van der Waals surface area contributed by atoms with Crippen molar-refractivity contribution in [1.29, 1.82) is 0 Å². The van der Waals surface area contributed by atoms with Gasteiger partial charge in [-0.3, -0.25) is 4.79 Å². The summed E-state index contributed by atoms with van der Waals surface area (Å²) in [5.41, 5.74) is 2.39. The maximum atomic E-state index is 12.8. The maximum absolute atomic E-state index is 12.8. The van der Waals surface area contributed by atoms with Gasteiger partial charge in [-0.15, -0.1) is 17.6 Å². The van der Waals surface area contributed by atoms with Gasteiger partial charge in [-0.05, 0) is 36.8 Å². The third-order valence-electron chi connectivity index (χ3n) is 4.78. The minimum Gasteiger partial charge on any atom is -0.405 e. The fourth-order valence-corrected chi connectivity index (χ4v) is 4.59. The van der Waals surface area contributed by atoms with Gasteiger partial charge in [-0.2, -0.15) is 0 Å². The molecular formula is C23H18Cl2F3N3O5S. The van der Waals surface area contributed by atoms with E-state index in [4.69, 9.17) is 23.2 Å². The molecule has 14 heteroatoms. The van der Waals surface area contributed by atoms with Crippen molar-refractivity contribution in [2.75, 3.05) is 11.6 Å². The number of hydrogen-bond acceptors (Lipinski definition) is 5. The van der Waals surface area contributed by atoms with E-state index in [0.717, 1.165) is 12.3 Å². The first-order chi connectivity index (χ1) is 17.2. The van der Waals surface area contributed by atoms with Gasteiger partial charge in [0, 0.05) is 22.4 Å². The molecule has 0 aromatic heterocycles. The van der Waals surface area contributed by atoms with E-state index in [-0.39, 0.29) is 36.8 Å². The molecule has 0 spiro atoms. The number of sulfonamides is 1. The first-order valence-corrected chi connectivity index (χ1v) is 12.8. The lowest BCUT2D eigenvalue weighted by Gasteiger charge is -2.22. The second-order valence-corrected chi connectivity index (χ2v) is 10.2. The molecule has 0 heterocycles. The highest BCUT2D eigenvalue weighted by atomic mass is 35.5. The van der Waals surface area contributed by atoms with Crippen LogP contribution in [0.5, 0.6) is 5.75 Å². The second kappa shape index (κ2) is 10.9. The fraction of sp³-hybridized carbons (Fsp3) is 0.130.